The largest absolute Gasteiger partial charge is 0.481 e. The standard InChI is InChI=1S/C31H50O18/c32-10-19-23(38)25(40)27(42)30(48-19)46-17-8-14(34)7-16-15(17)9-18(29(45-16)12-1-3-13(33)4-2-12)47-31-28(43)26(41)24(39)20(49-31)11-44-22(37)6-5-21(35)36/h12-20,23-34,38-43H,1-11H2,(H,35,36)/p+1. The molecular weight excluding hydrogens is 660 g/mol. The highest BCUT2D eigenvalue weighted by Gasteiger charge is 2.56. The lowest BCUT2D eigenvalue weighted by molar-refractivity contribution is -0.366. The molecule has 0 radical (unpaired) electrons. The fourth-order valence-electron chi connectivity index (χ4n) is 7.75. The second-order valence-corrected chi connectivity index (χ2v) is 13.9. The van der Waals surface area contributed by atoms with Gasteiger partial charge in [0.15, 0.2) is 24.8 Å². The van der Waals surface area contributed by atoms with E-state index in [1.54, 1.807) is 0 Å². The van der Waals surface area contributed by atoms with Gasteiger partial charge in [-0.25, -0.2) is 0 Å². The average molecular weight is 712 g/mol. The first-order valence-corrected chi connectivity index (χ1v) is 17.0. The summed E-state index contributed by atoms with van der Waals surface area (Å²) in [6.07, 6.45) is -17.4. The molecule has 2 saturated carbocycles. The number of aliphatic hydroxyl groups is 11. The average Bonchev–Trinajstić information content (AvgIpc) is 3.07. The van der Waals surface area contributed by atoms with Gasteiger partial charge in [-0.1, -0.05) is 0 Å². The topological polar surface area (TPSA) is 295 Å². The summed E-state index contributed by atoms with van der Waals surface area (Å²) in [4.78, 5) is 22.8. The van der Waals surface area contributed by atoms with Crippen LogP contribution in [0.4, 0.5) is 0 Å². The summed E-state index contributed by atoms with van der Waals surface area (Å²) in [5.41, 5.74) is 0. The Kier molecular flexibility index (Phi) is 13.2. The summed E-state index contributed by atoms with van der Waals surface area (Å²) in [6, 6.07) is 0. The molecule has 11 N–H and O–H groups in total. The van der Waals surface area contributed by atoms with Gasteiger partial charge in [-0.3, -0.25) is 9.59 Å². The van der Waals surface area contributed by atoms with E-state index in [2.05, 4.69) is 0 Å². The van der Waals surface area contributed by atoms with Crippen LogP contribution in [0.2, 0.25) is 0 Å². The van der Waals surface area contributed by atoms with Crippen molar-refractivity contribution in [2.75, 3.05) is 13.2 Å². The van der Waals surface area contributed by atoms with Gasteiger partial charge in [0.05, 0.1) is 43.7 Å². The van der Waals surface area contributed by atoms with Crippen molar-refractivity contribution < 1.29 is 89.1 Å². The van der Waals surface area contributed by atoms with Crippen molar-refractivity contribution in [3.8, 4) is 0 Å². The van der Waals surface area contributed by atoms with Crippen molar-refractivity contribution in [3.63, 3.8) is 0 Å². The van der Waals surface area contributed by atoms with E-state index in [1.165, 1.54) is 0 Å². The summed E-state index contributed by atoms with van der Waals surface area (Å²) in [5.74, 6) is -2.57. The molecule has 16 atom stereocenters. The van der Waals surface area contributed by atoms with Gasteiger partial charge in [0, 0.05) is 18.8 Å². The van der Waals surface area contributed by atoms with Gasteiger partial charge >= 0.3 is 11.9 Å². The maximum atomic E-state index is 12.0. The van der Waals surface area contributed by atoms with Crippen molar-refractivity contribution in [3.05, 3.63) is 0 Å². The number of ether oxygens (including phenoxy) is 6. The molecular formula is C31H51O18+. The number of aliphatic carboxylic acids is 1. The summed E-state index contributed by atoms with van der Waals surface area (Å²) >= 11 is 0. The normalized spacial score (nSPS) is 47.6. The molecule has 5 rings (SSSR count). The van der Waals surface area contributed by atoms with Crippen LogP contribution in [0.25, 0.3) is 0 Å². The Hall–Kier alpha value is -1.62. The highest BCUT2D eigenvalue weighted by atomic mass is 16.7. The van der Waals surface area contributed by atoms with Crippen LogP contribution >= 0.6 is 0 Å². The van der Waals surface area contributed by atoms with Gasteiger partial charge in [0.2, 0.25) is 0 Å². The Balaban J connectivity index is 1.33. The maximum Gasteiger partial charge on any atom is 0.306 e. The first-order valence-electron chi connectivity index (χ1n) is 17.0. The van der Waals surface area contributed by atoms with Crippen LogP contribution in [-0.4, -0.2) is 179 Å². The monoisotopic (exact) mass is 711 g/mol. The van der Waals surface area contributed by atoms with Crippen LogP contribution in [0.15, 0.2) is 0 Å². The molecule has 5 fully saturated rings. The minimum atomic E-state index is -1.76. The molecule has 0 bridgehead atoms. The highest BCUT2D eigenvalue weighted by molar-refractivity contribution is 5.76. The van der Waals surface area contributed by atoms with Crippen LogP contribution in [0.1, 0.15) is 57.8 Å². The Morgan fingerprint density at radius 2 is 1.27 bits per heavy atom. The lowest BCUT2D eigenvalue weighted by Gasteiger charge is -2.50. The van der Waals surface area contributed by atoms with Crippen molar-refractivity contribution >= 4 is 11.9 Å². The first-order chi connectivity index (χ1) is 23.3. The first kappa shape index (κ1) is 38.6. The Labute approximate surface area is 282 Å². The summed E-state index contributed by atoms with van der Waals surface area (Å²) in [7, 11) is 0. The van der Waals surface area contributed by atoms with E-state index in [-0.39, 0.29) is 18.8 Å². The number of fused-ring (bicyclic) bond motifs is 1. The number of aliphatic hydroxyl groups excluding tert-OH is 9. The Morgan fingerprint density at radius 3 is 1.88 bits per heavy atom. The SMILES string of the molecule is O=C(O)CCC(=O)OCC1OC(OC2CC3C(OC4OC(CO)C(O)C(O)C4O)CC(O)CC3[OH+]C2C2CCC(O)CC2)C(O)C(O)C1O. The molecule has 18 heteroatoms. The Morgan fingerprint density at radius 1 is 0.673 bits per heavy atom. The number of hydrogen-bond donors (Lipinski definition) is 10. The zero-order valence-electron chi connectivity index (χ0n) is 26.9. The number of rotatable bonds is 11. The van der Waals surface area contributed by atoms with E-state index in [0.29, 0.717) is 32.1 Å². The fourth-order valence-corrected chi connectivity index (χ4v) is 7.75. The number of carbonyl (C=O) groups excluding carboxylic acids is 1. The van der Waals surface area contributed by atoms with Crippen molar-refractivity contribution in [1.29, 1.82) is 0 Å². The molecule has 0 aromatic heterocycles. The predicted molar refractivity (Wildman–Crippen MR) is 159 cm³/mol. The quantitative estimate of drug-likeness (QED) is 0.0717. The van der Waals surface area contributed by atoms with Crippen molar-refractivity contribution in [2.45, 2.75) is 156 Å². The molecule has 5 aliphatic rings. The molecule has 3 heterocycles. The fraction of sp³-hybridized carbons (Fsp3) is 0.935. The third-order valence-corrected chi connectivity index (χ3v) is 10.5. The van der Waals surface area contributed by atoms with E-state index in [1.807, 2.05) is 0 Å². The predicted octanol–water partition coefficient (Wildman–Crippen LogP) is -4.24. The number of hydrogen-bond acceptors (Lipinski definition) is 16. The van der Waals surface area contributed by atoms with E-state index < -0.39 is 142 Å². The molecule has 0 spiro atoms. The number of esters is 1. The van der Waals surface area contributed by atoms with Crippen LogP contribution in [0.3, 0.4) is 0 Å². The molecule has 282 valence electrons. The van der Waals surface area contributed by atoms with E-state index in [0.717, 1.165) is 0 Å². The number of carboxylic acid groups (broad SMARTS) is 1. The van der Waals surface area contributed by atoms with Crippen LogP contribution in [0, 0.1) is 11.8 Å². The molecule has 0 aromatic carbocycles. The van der Waals surface area contributed by atoms with Gasteiger partial charge in [-0.15, -0.1) is 0 Å². The van der Waals surface area contributed by atoms with Crippen LogP contribution in [-0.2, 0) is 33.3 Å². The molecule has 49 heavy (non-hydrogen) atoms. The summed E-state index contributed by atoms with van der Waals surface area (Å²) in [6.45, 7) is -1.21. The molecule has 3 aliphatic heterocycles. The maximum absolute atomic E-state index is 12.0. The van der Waals surface area contributed by atoms with Crippen LogP contribution in [0.5, 0.6) is 0 Å². The lowest BCUT2D eigenvalue weighted by Crippen LogP contribution is -2.64. The van der Waals surface area contributed by atoms with Gasteiger partial charge in [0.25, 0.3) is 0 Å². The number of carboxylic acids is 1. The minimum Gasteiger partial charge on any atom is -0.481 e. The van der Waals surface area contributed by atoms with Crippen LogP contribution < -0.4 is 0 Å². The molecule has 0 aromatic rings. The molecule has 2 aliphatic carbocycles. The third-order valence-electron chi connectivity index (χ3n) is 10.5. The second kappa shape index (κ2) is 16.8. The second-order valence-electron chi connectivity index (χ2n) is 13.9. The smallest absolute Gasteiger partial charge is 0.306 e. The van der Waals surface area contributed by atoms with Crippen molar-refractivity contribution in [2.24, 2.45) is 11.8 Å². The Bertz CT molecular complexity index is 1090. The summed E-state index contributed by atoms with van der Waals surface area (Å²) < 4.78 is 34.0. The van der Waals surface area contributed by atoms with Gasteiger partial charge in [-0.05, 0) is 32.1 Å². The minimum absolute atomic E-state index is 0.0551. The van der Waals surface area contributed by atoms with E-state index in [9.17, 15) is 55.5 Å². The zero-order chi connectivity index (χ0) is 35.6. The summed E-state index contributed by atoms with van der Waals surface area (Å²) in [5, 5.41) is 103. The number of carbonyl (C=O) groups is 2. The lowest BCUT2D eigenvalue weighted by atomic mass is 9.73. The molecule has 18 nitrogen and oxygen atoms in total. The molecule has 16 unspecified atom stereocenters. The molecule has 0 amide bonds. The third kappa shape index (κ3) is 9.07. The van der Waals surface area contributed by atoms with E-state index in [4.69, 9.17) is 33.5 Å². The zero-order valence-corrected chi connectivity index (χ0v) is 26.9. The van der Waals surface area contributed by atoms with Gasteiger partial charge in [0.1, 0.15) is 61.5 Å². The van der Waals surface area contributed by atoms with E-state index >= 15 is 0 Å². The molecule has 3 saturated heterocycles. The van der Waals surface area contributed by atoms with Gasteiger partial charge in [-0.2, -0.15) is 0 Å². The highest BCUT2D eigenvalue weighted by Crippen LogP contribution is 2.43. The van der Waals surface area contributed by atoms with Gasteiger partial charge < -0.3 is 79.5 Å². The van der Waals surface area contributed by atoms with Crippen molar-refractivity contribution in [1.82, 2.24) is 0 Å².